The van der Waals surface area contributed by atoms with Crippen molar-refractivity contribution in [2.75, 3.05) is 18.9 Å². The highest BCUT2D eigenvalue weighted by atomic mass is 32.2. The Balaban J connectivity index is 1.43. The average Bonchev–Trinajstić information content (AvgIpc) is 3.41. The van der Waals surface area contributed by atoms with Gasteiger partial charge in [-0.05, 0) is 42.0 Å². The van der Waals surface area contributed by atoms with Gasteiger partial charge in [0.05, 0.1) is 10.8 Å². The van der Waals surface area contributed by atoms with Gasteiger partial charge in [0.1, 0.15) is 12.6 Å². The van der Waals surface area contributed by atoms with Crippen LogP contribution >= 0.6 is 11.8 Å². The molecule has 2 aromatic rings. The summed E-state index contributed by atoms with van der Waals surface area (Å²) >= 11 is 1.45. The van der Waals surface area contributed by atoms with Crippen LogP contribution < -0.4 is 5.32 Å². The van der Waals surface area contributed by atoms with Crippen molar-refractivity contribution >= 4 is 29.7 Å². The van der Waals surface area contributed by atoms with Gasteiger partial charge >= 0.3 is 12.1 Å². The number of nitrogens with one attached hydrogen (secondary N) is 1. The van der Waals surface area contributed by atoms with Crippen LogP contribution in [0.3, 0.4) is 0 Å². The number of carbonyl (C=O) groups is 3. The second-order valence-electron chi connectivity index (χ2n) is 9.17. The second kappa shape index (κ2) is 10.3. The van der Waals surface area contributed by atoms with E-state index in [2.05, 4.69) is 29.6 Å². The fraction of sp³-hybridized carbons (Fsp3) is 0.444. The number of ether oxygens (including phenoxy) is 1. The number of carbonyl (C=O) groups excluding carboxylic acids is 2. The van der Waals surface area contributed by atoms with E-state index >= 15 is 0 Å². The van der Waals surface area contributed by atoms with E-state index in [4.69, 9.17) is 4.74 Å². The third kappa shape index (κ3) is 4.63. The highest BCUT2D eigenvalue weighted by molar-refractivity contribution is 8.00. The van der Waals surface area contributed by atoms with Gasteiger partial charge in [-0.25, -0.2) is 9.59 Å². The Morgan fingerprint density at radius 3 is 2.17 bits per heavy atom. The number of amides is 2. The minimum atomic E-state index is -0.999. The van der Waals surface area contributed by atoms with Crippen LogP contribution in [0.4, 0.5) is 4.79 Å². The first-order valence-electron chi connectivity index (χ1n) is 12.1. The summed E-state index contributed by atoms with van der Waals surface area (Å²) in [5.74, 6) is -0.909. The first-order valence-corrected chi connectivity index (χ1v) is 13.1. The van der Waals surface area contributed by atoms with E-state index in [9.17, 15) is 19.5 Å². The Labute approximate surface area is 210 Å². The Morgan fingerprint density at radius 1 is 1.06 bits per heavy atom. The summed E-state index contributed by atoms with van der Waals surface area (Å²) in [5.41, 5.74) is 3.69. The lowest BCUT2D eigenvalue weighted by Gasteiger charge is -2.37. The molecule has 0 aromatic heterocycles. The molecule has 0 spiro atoms. The molecule has 1 aliphatic carbocycles. The molecule has 2 N–H and O–H groups in total. The van der Waals surface area contributed by atoms with Crippen molar-refractivity contribution in [3.8, 4) is 11.1 Å². The molecule has 0 saturated carbocycles. The van der Waals surface area contributed by atoms with E-state index < -0.39 is 23.5 Å². The first-order chi connectivity index (χ1) is 16.8. The van der Waals surface area contributed by atoms with Crippen LogP contribution in [0.25, 0.3) is 11.1 Å². The number of fused-ring (bicyclic) bond motifs is 3. The monoisotopic (exact) mass is 496 g/mol. The summed E-state index contributed by atoms with van der Waals surface area (Å²) in [6.07, 6.45) is 0.378. The zero-order chi connectivity index (χ0) is 25.2. The van der Waals surface area contributed by atoms with Crippen molar-refractivity contribution in [1.29, 1.82) is 0 Å². The predicted octanol–water partition coefficient (Wildman–Crippen LogP) is 4.71. The number of thioether (sulfide) groups is 1. The SMILES string of the molecule is CCC(CC)(CNC(=O)OCC1c2ccccc2-c2ccccc21)C(=O)N1C(C)SCC1C(=O)O. The molecule has 4 rings (SSSR count). The summed E-state index contributed by atoms with van der Waals surface area (Å²) in [7, 11) is 0. The summed E-state index contributed by atoms with van der Waals surface area (Å²) in [5, 5.41) is 12.2. The van der Waals surface area contributed by atoms with Crippen molar-refractivity contribution < 1.29 is 24.2 Å². The van der Waals surface area contributed by atoms with Crippen molar-refractivity contribution in [3.05, 3.63) is 59.7 Å². The minimum absolute atomic E-state index is 0.0457. The molecule has 2 aromatic carbocycles. The third-order valence-corrected chi connectivity index (χ3v) is 8.68. The number of carboxylic acid groups (broad SMARTS) is 1. The van der Waals surface area contributed by atoms with Gasteiger partial charge in [0.25, 0.3) is 0 Å². The second-order valence-corrected chi connectivity index (χ2v) is 10.5. The van der Waals surface area contributed by atoms with E-state index in [-0.39, 0.29) is 30.4 Å². The highest BCUT2D eigenvalue weighted by Gasteiger charge is 2.47. The molecule has 1 aliphatic heterocycles. The number of carboxylic acids is 1. The Morgan fingerprint density at radius 2 is 1.63 bits per heavy atom. The van der Waals surface area contributed by atoms with Crippen LogP contribution in [0.5, 0.6) is 0 Å². The van der Waals surface area contributed by atoms with Gasteiger partial charge in [-0.15, -0.1) is 11.8 Å². The Kier molecular flexibility index (Phi) is 7.40. The van der Waals surface area contributed by atoms with E-state index in [1.54, 1.807) is 0 Å². The van der Waals surface area contributed by atoms with Crippen LogP contribution in [0.1, 0.15) is 50.7 Å². The summed E-state index contributed by atoms with van der Waals surface area (Å²) in [6.45, 7) is 5.92. The lowest BCUT2D eigenvalue weighted by molar-refractivity contribution is -0.154. The van der Waals surface area contributed by atoms with Gasteiger partial charge in [-0.2, -0.15) is 0 Å². The number of hydrogen-bond donors (Lipinski definition) is 2. The van der Waals surface area contributed by atoms with Crippen LogP contribution in [0.15, 0.2) is 48.5 Å². The van der Waals surface area contributed by atoms with Crippen molar-refractivity contribution in [3.63, 3.8) is 0 Å². The van der Waals surface area contributed by atoms with Crippen LogP contribution in [-0.4, -0.2) is 58.3 Å². The van der Waals surface area contributed by atoms with Gasteiger partial charge in [0.15, 0.2) is 0 Å². The number of aliphatic carboxylic acids is 1. The lowest BCUT2D eigenvalue weighted by atomic mass is 9.80. The fourth-order valence-corrected chi connectivity index (χ4v) is 6.35. The molecule has 8 heteroatoms. The smallest absolute Gasteiger partial charge is 0.407 e. The highest BCUT2D eigenvalue weighted by Crippen LogP contribution is 2.44. The van der Waals surface area contributed by atoms with E-state index in [0.717, 1.165) is 22.3 Å². The van der Waals surface area contributed by atoms with Crippen molar-refractivity contribution in [1.82, 2.24) is 10.2 Å². The molecule has 1 fully saturated rings. The number of alkyl carbamates (subject to hydrolysis) is 1. The van der Waals surface area contributed by atoms with Gasteiger partial charge in [-0.3, -0.25) is 4.79 Å². The number of nitrogens with zero attached hydrogens (tertiary/aromatic N) is 1. The Bertz CT molecular complexity index is 1070. The fourth-order valence-electron chi connectivity index (χ4n) is 5.18. The summed E-state index contributed by atoms with van der Waals surface area (Å²) in [6, 6.07) is 15.4. The molecule has 0 radical (unpaired) electrons. The average molecular weight is 497 g/mol. The van der Waals surface area contributed by atoms with E-state index in [1.807, 2.05) is 45.0 Å². The molecular formula is C27H32N2O5S. The molecule has 2 aliphatic rings. The molecule has 1 saturated heterocycles. The standard InChI is InChI=1S/C27H32N2O5S/c1-4-27(5-2,25(32)29-17(3)35-15-23(29)24(30)31)16-28-26(33)34-14-22-20-12-8-6-10-18(20)19-11-7-9-13-21(19)22/h6-13,17,22-23H,4-5,14-16H2,1-3H3,(H,28,33)(H,30,31). The Hall–Kier alpha value is -3.00. The predicted molar refractivity (Wildman–Crippen MR) is 136 cm³/mol. The van der Waals surface area contributed by atoms with Crippen LogP contribution in [0, 0.1) is 5.41 Å². The van der Waals surface area contributed by atoms with E-state index in [0.29, 0.717) is 18.6 Å². The van der Waals surface area contributed by atoms with Gasteiger partial charge in [-0.1, -0.05) is 62.4 Å². The zero-order valence-electron chi connectivity index (χ0n) is 20.3. The lowest BCUT2D eigenvalue weighted by Crippen LogP contribution is -2.54. The minimum Gasteiger partial charge on any atom is -0.480 e. The molecule has 0 bridgehead atoms. The first kappa shape index (κ1) is 25.1. The van der Waals surface area contributed by atoms with Gasteiger partial charge < -0.3 is 20.1 Å². The summed E-state index contributed by atoms with van der Waals surface area (Å²) < 4.78 is 5.64. The van der Waals surface area contributed by atoms with Crippen molar-refractivity contribution in [2.24, 2.45) is 5.41 Å². The maximum atomic E-state index is 13.6. The van der Waals surface area contributed by atoms with E-state index in [1.165, 1.54) is 16.7 Å². The maximum Gasteiger partial charge on any atom is 0.407 e. The van der Waals surface area contributed by atoms with Crippen molar-refractivity contribution in [2.45, 2.75) is 50.9 Å². The molecule has 7 nitrogen and oxygen atoms in total. The number of rotatable bonds is 8. The third-order valence-electron chi connectivity index (χ3n) is 7.46. The molecule has 2 atom stereocenters. The number of benzene rings is 2. The molecule has 1 heterocycles. The normalized spacial score (nSPS) is 19.2. The maximum absolute atomic E-state index is 13.6. The van der Waals surface area contributed by atoms with Gasteiger partial charge in [0, 0.05) is 18.2 Å². The molecular weight excluding hydrogens is 464 g/mol. The molecule has 2 amide bonds. The van der Waals surface area contributed by atoms with Gasteiger partial charge in [0.2, 0.25) is 5.91 Å². The number of hydrogen-bond acceptors (Lipinski definition) is 5. The van der Waals surface area contributed by atoms with Crippen LogP contribution in [-0.2, 0) is 14.3 Å². The topological polar surface area (TPSA) is 95.9 Å². The zero-order valence-corrected chi connectivity index (χ0v) is 21.1. The molecule has 35 heavy (non-hydrogen) atoms. The summed E-state index contributed by atoms with van der Waals surface area (Å²) in [4.78, 5) is 39.5. The largest absolute Gasteiger partial charge is 0.480 e. The molecule has 2 unspecified atom stereocenters. The van der Waals surface area contributed by atoms with Crippen LogP contribution in [0.2, 0.25) is 0 Å². The quantitative estimate of drug-likeness (QED) is 0.550. The molecule has 186 valence electrons.